The van der Waals surface area contributed by atoms with Crippen molar-refractivity contribution in [2.45, 2.75) is 40.0 Å². The molecule has 1 atom stereocenters. The molecule has 0 bridgehead atoms. The fourth-order valence-electron chi connectivity index (χ4n) is 7.42. The molecule has 1 unspecified atom stereocenters. The molecule has 0 spiro atoms. The van der Waals surface area contributed by atoms with Gasteiger partial charge in [0.05, 0.1) is 0 Å². The molecule has 0 amide bonds. The van der Waals surface area contributed by atoms with Crippen molar-refractivity contribution in [3.63, 3.8) is 0 Å². The number of benzene rings is 4. The summed E-state index contributed by atoms with van der Waals surface area (Å²) in [6.45, 7) is 9.86. The van der Waals surface area contributed by atoms with Gasteiger partial charge in [-0.3, -0.25) is 0 Å². The molecule has 1 heteroatoms. The maximum atomic E-state index is 3.74. The van der Waals surface area contributed by atoms with E-state index in [1.165, 1.54) is 49.0 Å². The molecule has 3 aliphatic rings. The largest absolute Gasteiger partial charge is 0.0622 e. The van der Waals surface area contributed by atoms with Gasteiger partial charge in [0, 0.05) is 15.8 Å². The quantitative estimate of drug-likeness (QED) is 0.236. The SMILES string of the molecule is CC1(C)C2=Cc3ccc(Br)cc3C2C(C)(C)C2=C1c1cc(-c3ccccc3-c3ccccc3)ccc1C2. The Morgan fingerprint density at radius 2 is 1.41 bits per heavy atom. The van der Waals surface area contributed by atoms with Crippen LogP contribution in [0.5, 0.6) is 0 Å². The molecule has 0 saturated heterocycles. The van der Waals surface area contributed by atoms with Gasteiger partial charge in [-0.15, -0.1) is 0 Å². The lowest BCUT2D eigenvalue weighted by Crippen LogP contribution is -2.36. The Hall–Kier alpha value is -3.16. The lowest BCUT2D eigenvalue weighted by atomic mass is 9.55. The van der Waals surface area contributed by atoms with Crippen molar-refractivity contribution in [2.75, 3.05) is 0 Å². The number of rotatable bonds is 2. The van der Waals surface area contributed by atoms with Gasteiger partial charge in [-0.2, -0.15) is 0 Å². The number of allylic oxidation sites excluding steroid dienone is 3. The molecular weight excluding hydrogens is 512 g/mol. The molecular formula is C36H31Br. The third-order valence-corrected chi connectivity index (χ3v) is 9.69. The highest BCUT2D eigenvalue weighted by molar-refractivity contribution is 9.10. The Morgan fingerprint density at radius 1 is 0.703 bits per heavy atom. The minimum atomic E-state index is -0.0240. The minimum Gasteiger partial charge on any atom is -0.0622 e. The molecule has 37 heavy (non-hydrogen) atoms. The normalized spacial score (nSPS) is 20.1. The molecule has 0 N–H and O–H groups in total. The average molecular weight is 544 g/mol. The number of halogens is 1. The fraction of sp³-hybridized carbons (Fsp3) is 0.222. The molecule has 7 rings (SSSR count). The van der Waals surface area contributed by atoms with E-state index in [9.17, 15) is 0 Å². The van der Waals surface area contributed by atoms with Crippen molar-refractivity contribution in [1.82, 2.24) is 0 Å². The van der Waals surface area contributed by atoms with Crippen LogP contribution in [0.15, 0.2) is 107 Å². The zero-order valence-electron chi connectivity index (χ0n) is 21.9. The third kappa shape index (κ3) is 3.26. The van der Waals surface area contributed by atoms with E-state index in [4.69, 9.17) is 0 Å². The van der Waals surface area contributed by atoms with Gasteiger partial charge in [0.1, 0.15) is 0 Å². The van der Waals surface area contributed by atoms with Crippen molar-refractivity contribution >= 4 is 27.6 Å². The summed E-state index contributed by atoms with van der Waals surface area (Å²) >= 11 is 3.74. The molecule has 3 aliphatic carbocycles. The second-order valence-electron chi connectivity index (χ2n) is 12.0. The van der Waals surface area contributed by atoms with Gasteiger partial charge in [0.25, 0.3) is 0 Å². The Morgan fingerprint density at radius 3 is 2.16 bits per heavy atom. The minimum absolute atomic E-state index is 0.0240. The first kappa shape index (κ1) is 23.0. The zero-order chi connectivity index (χ0) is 25.5. The summed E-state index contributed by atoms with van der Waals surface area (Å²) in [4.78, 5) is 0. The highest BCUT2D eigenvalue weighted by Gasteiger charge is 2.53. The van der Waals surface area contributed by atoms with Gasteiger partial charge in [-0.05, 0) is 80.1 Å². The van der Waals surface area contributed by atoms with Gasteiger partial charge in [0.15, 0.2) is 0 Å². The molecule has 0 saturated carbocycles. The fourth-order valence-corrected chi connectivity index (χ4v) is 7.80. The third-order valence-electron chi connectivity index (χ3n) is 9.20. The van der Waals surface area contributed by atoms with Crippen LogP contribution in [0.4, 0.5) is 0 Å². The maximum Gasteiger partial charge on any atom is 0.0178 e. The van der Waals surface area contributed by atoms with Crippen LogP contribution in [0.25, 0.3) is 33.9 Å². The lowest BCUT2D eigenvalue weighted by Gasteiger charge is -2.48. The first-order valence-corrected chi connectivity index (χ1v) is 14.1. The predicted molar refractivity (Wildman–Crippen MR) is 160 cm³/mol. The summed E-state index contributed by atoms with van der Waals surface area (Å²) in [5.41, 5.74) is 15.7. The first-order chi connectivity index (χ1) is 17.8. The van der Waals surface area contributed by atoms with E-state index in [-0.39, 0.29) is 10.8 Å². The summed E-state index contributed by atoms with van der Waals surface area (Å²) in [6, 6.07) is 33.6. The van der Waals surface area contributed by atoms with Gasteiger partial charge < -0.3 is 0 Å². The van der Waals surface area contributed by atoms with Gasteiger partial charge in [0.2, 0.25) is 0 Å². The monoisotopic (exact) mass is 542 g/mol. The highest BCUT2D eigenvalue weighted by Crippen LogP contribution is 2.67. The lowest BCUT2D eigenvalue weighted by molar-refractivity contribution is 0.328. The van der Waals surface area contributed by atoms with E-state index in [1.54, 1.807) is 16.7 Å². The zero-order valence-corrected chi connectivity index (χ0v) is 23.5. The van der Waals surface area contributed by atoms with Crippen LogP contribution in [0.1, 0.15) is 55.9 Å². The van der Waals surface area contributed by atoms with E-state index >= 15 is 0 Å². The van der Waals surface area contributed by atoms with E-state index in [0.29, 0.717) is 5.92 Å². The van der Waals surface area contributed by atoms with Crippen molar-refractivity contribution < 1.29 is 0 Å². The van der Waals surface area contributed by atoms with Crippen LogP contribution < -0.4 is 0 Å². The topological polar surface area (TPSA) is 0 Å². The molecule has 0 radical (unpaired) electrons. The van der Waals surface area contributed by atoms with Crippen LogP contribution in [0, 0.1) is 10.8 Å². The Balaban J connectivity index is 1.40. The number of fused-ring (bicyclic) bond motifs is 5. The van der Waals surface area contributed by atoms with Crippen molar-refractivity contribution in [3.8, 4) is 22.3 Å². The second-order valence-corrected chi connectivity index (χ2v) is 12.9. The van der Waals surface area contributed by atoms with E-state index in [0.717, 1.165) is 6.42 Å². The summed E-state index contributed by atoms with van der Waals surface area (Å²) in [6.07, 6.45) is 3.54. The van der Waals surface area contributed by atoms with Crippen LogP contribution in [-0.4, -0.2) is 0 Å². The maximum absolute atomic E-state index is 3.74. The Kier molecular flexibility index (Phi) is 4.92. The van der Waals surface area contributed by atoms with E-state index < -0.39 is 0 Å². The van der Waals surface area contributed by atoms with Crippen LogP contribution in [0.2, 0.25) is 0 Å². The summed E-state index contributed by atoms with van der Waals surface area (Å²) in [5.74, 6) is 0.418. The standard InChI is InChI=1S/C36H31Br/c1-35(2)32-20-25-16-17-26(37)21-30(25)34(32)36(3,4)31-19-24-15-14-23(18-29(24)33(31)35)28-13-9-8-12-27(28)22-10-6-5-7-11-22/h5-18,20-21,34H,19H2,1-4H3. The Bertz CT molecular complexity index is 1650. The Labute approximate surface area is 228 Å². The number of hydrogen-bond donors (Lipinski definition) is 0. The van der Waals surface area contributed by atoms with Gasteiger partial charge in [-0.25, -0.2) is 0 Å². The summed E-state index contributed by atoms with van der Waals surface area (Å²) < 4.78 is 1.17. The van der Waals surface area contributed by atoms with E-state index in [1.807, 2.05) is 0 Å². The number of hydrogen-bond acceptors (Lipinski definition) is 0. The van der Waals surface area contributed by atoms with Crippen molar-refractivity contribution in [2.24, 2.45) is 10.8 Å². The highest BCUT2D eigenvalue weighted by atomic mass is 79.9. The predicted octanol–water partition coefficient (Wildman–Crippen LogP) is 10.3. The average Bonchev–Trinajstić information content (AvgIpc) is 3.49. The molecule has 4 aromatic rings. The smallest absolute Gasteiger partial charge is 0.0178 e. The molecule has 0 aromatic heterocycles. The van der Waals surface area contributed by atoms with Crippen molar-refractivity contribution in [3.05, 3.63) is 129 Å². The molecule has 0 nitrogen and oxygen atoms in total. The van der Waals surface area contributed by atoms with E-state index in [2.05, 4.69) is 141 Å². The summed E-state index contributed by atoms with van der Waals surface area (Å²) in [5, 5.41) is 0. The van der Waals surface area contributed by atoms with Crippen molar-refractivity contribution in [1.29, 1.82) is 0 Å². The summed E-state index contributed by atoms with van der Waals surface area (Å²) in [7, 11) is 0. The van der Waals surface area contributed by atoms with Crippen LogP contribution in [-0.2, 0) is 6.42 Å². The molecule has 4 aromatic carbocycles. The van der Waals surface area contributed by atoms with Crippen LogP contribution >= 0.6 is 15.9 Å². The molecule has 182 valence electrons. The molecule has 0 aliphatic heterocycles. The van der Waals surface area contributed by atoms with Crippen LogP contribution in [0.3, 0.4) is 0 Å². The van der Waals surface area contributed by atoms with Gasteiger partial charge in [-0.1, -0.05) is 134 Å². The molecule has 0 heterocycles. The van der Waals surface area contributed by atoms with Gasteiger partial charge >= 0.3 is 0 Å². The molecule has 0 fully saturated rings. The first-order valence-electron chi connectivity index (χ1n) is 13.3. The second kappa shape index (κ2) is 7.92.